The number of carbonyl (C=O) groups is 4. The first kappa shape index (κ1) is 31.6. The van der Waals surface area contributed by atoms with Crippen molar-refractivity contribution in [1.29, 1.82) is 0 Å². The molecule has 0 aromatic heterocycles. The van der Waals surface area contributed by atoms with Crippen LogP contribution in [-0.2, 0) is 34.0 Å². The third-order valence-electron chi connectivity index (χ3n) is 6.16. The van der Waals surface area contributed by atoms with Crippen LogP contribution in [0.4, 0.5) is 19.7 Å². The topological polar surface area (TPSA) is 172 Å². The Balaban J connectivity index is 1.74. The molecule has 7 N–H and O–H groups in total. The van der Waals surface area contributed by atoms with E-state index >= 15 is 0 Å². The molecule has 0 saturated carbocycles. The Labute approximate surface area is 242 Å². The van der Waals surface area contributed by atoms with Crippen LogP contribution in [0, 0.1) is 5.82 Å². The molecule has 3 aromatic rings. The summed E-state index contributed by atoms with van der Waals surface area (Å²) in [7, 11) is 0. The summed E-state index contributed by atoms with van der Waals surface area (Å²) < 4.78 is 19.1. The van der Waals surface area contributed by atoms with E-state index in [1.54, 1.807) is 54.6 Å². The number of rotatable bonds is 14. The summed E-state index contributed by atoms with van der Waals surface area (Å²) >= 11 is 0. The normalized spacial score (nSPS) is 12.0. The molecule has 0 bridgehead atoms. The van der Waals surface area contributed by atoms with E-state index in [-0.39, 0.29) is 32.6 Å². The van der Waals surface area contributed by atoms with Crippen molar-refractivity contribution in [2.75, 3.05) is 11.9 Å². The average Bonchev–Trinajstić information content (AvgIpc) is 2.98. The van der Waals surface area contributed by atoms with Gasteiger partial charge < -0.3 is 36.8 Å². The van der Waals surface area contributed by atoms with Crippen LogP contribution in [0.3, 0.4) is 0 Å². The van der Waals surface area contributed by atoms with E-state index < -0.39 is 41.8 Å². The number of primary amides is 1. The van der Waals surface area contributed by atoms with Crippen LogP contribution in [0.5, 0.6) is 0 Å². The number of aliphatic hydroxyl groups is 1. The number of aliphatic hydroxyl groups excluding tert-OH is 1. The smallest absolute Gasteiger partial charge is 0.408 e. The van der Waals surface area contributed by atoms with Gasteiger partial charge >= 0.3 is 12.1 Å². The second kappa shape index (κ2) is 16.3. The predicted molar refractivity (Wildman–Crippen MR) is 153 cm³/mol. The van der Waals surface area contributed by atoms with Gasteiger partial charge in [-0.25, -0.2) is 14.0 Å². The molecule has 11 nitrogen and oxygen atoms in total. The van der Waals surface area contributed by atoms with Gasteiger partial charge in [-0.2, -0.15) is 0 Å². The summed E-state index contributed by atoms with van der Waals surface area (Å²) in [5.74, 6) is -1.75. The highest BCUT2D eigenvalue weighted by Crippen LogP contribution is 2.12. The van der Waals surface area contributed by atoms with Crippen molar-refractivity contribution in [3.05, 3.63) is 101 Å². The average molecular weight is 580 g/mol. The standard InChI is InChI=1S/C30H34FN5O6/c31-23-9-4-8-22(16-23)17-26(36-30(41)42-19-21-6-2-1-3-7-21)28(39)35-25(10-5-15-33-29(32)40)27(38)34-24-13-11-20(18-37)12-14-24/h1-4,6-9,11-14,16,25-26,37H,5,10,15,17-19H2,(H,34,38)(H,35,39)(H,36,41)(H3,32,33,40)/t25-,26-/m0/s1. The van der Waals surface area contributed by atoms with Crippen molar-refractivity contribution in [3.8, 4) is 0 Å². The quantitative estimate of drug-likeness (QED) is 0.160. The highest BCUT2D eigenvalue weighted by Gasteiger charge is 2.28. The lowest BCUT2D eigenvalue weighted by Crippen LogP contribution is -2.53. The zero-order valence-electron chi connectivity index (χ0n) is 22.8. The fourth-order valence-electron chi connectivity index (χ4n) is 4.00. The number of nitrogens with one attached hydrogen (secondary N) is 4. The fraction of sp³-hybridized carbons (Fsp3) is 0.267. The summed E-state index contributed by atoms with van der Waals surface area (Å²) in [6.07, 6.45) is -0.528. The van der Waals surface area contributed by atoms with Gasteiger partial charge in [0.2, 0.25) is 11.8 Å². The number of amides is 5. The van der Waals surface area contributed by atoms with Crippen molar-refractivity contribution in [2.45, 2.75) is 44.6 Å². The van der Waals surface area contributed by atoms with Crippen molar-refractivity contribution < 1.29 is 33.4 Å². The molecule has 3 aromatic carbocycles. The Morgan fingerprint density at radius 3 is 2.21 bits per heavy atom. The minimum atomic E-state index is -1.21. The lowest BCUT2D eigenvalue weighted by atomic mass is 10.0. The first-order valence-corrected chi connectivity index (χ1v) is 13.3. The number of ether oxygens (including phenoxy) is 1. The lowest BCUT2D eigenvalue weighted by molar-refractivity contribution is -0.128. The number of nitrogens with two attached hydrogens (primary N) is 1. The maximum Gasteiger partial charge on any atom is 0.408 e. The largest absolute Gasteiger partial charge is 0.445 e. The molecule has 0 spiro atoms. The van der Waals surface area contributed by atoms with Gasteiger partial charge in [-0.15, -0.1) is 0 Å². The number of carbonyl (C=O) groups excluding carboxylic acids is 4. The zero-order chi connectivity index (χ0) is 30.3. The highest BCUT2D eigenvalue weighted by atomic mass is 19.1. The molecule has 0 heterocycles. The van der Waals surface area contributed by atoms with E-state index in [1.165, 1.54) is 18.2 Å². The SMILES string of the molecule is NC(=O)NCCC[C@H](NC(=O)[C@H](Cc1cccc(F)c1)NC(=O)OCc1ccccc1)C(=O)Nc1ccc(CO)cc1. The number of hydrogen-bond acceptors (Lipinski definition) is 6. The second-order valence-electron chi connectivity index (χ2n) is 9.43. The van der Waals surface area contributed by atoms with E-state index in [1.807, 2.05) is 6.07 Å². The van der Waals surface area contributed by atoms with Crippen molar-refractivity contribution in [1.82, 2.24) is 16.0 Å². The highest BCUT2D eigenvalue weighted by molar-refractivity contribution is 5.98. The van der Waals surface area contributed by atoms with Crippen molar-refractivity contribution in [2.24, 2.45) is 5.73 Å². The van der Waals surface area contributed by atoms with Crippen LogP contribution in [0.2, 0.25) is 0 Å². The monoisotopic (exact) mass is 579 g/mol. The van der Waals surface area contributed by atoms with Gasteiger partial charge in [0.25, 0.3) is 0 Å². The van der Waals surface area contributed by atoms with E-state index in [9.17, 15) is 28.7 Å². The van der Waals surface area contributed by atoms with Gasteiger partial charge in [0.1, 0.15) is 24.5 Å². The number of alkyl carbamates (subject to hydrolysis) is 1. The Morgan fingerprint density at radius 1 is 0.833 bits per heavy atom. The van der Waals surface area contributed by atoms with Crippen molar-refractivity contribution in [3.63, 3.8) is 0 Å². The first-order valence-electron chi connectivity index (χ1n) is 13.3. The van der Waals surface area contributed by atoms with Gasteiger partial charge in [-0.05, 0) is 53.8 Å². The third-order valence-corrected chi connectivity index (χ3v) is 6.16. The van der Waals surface area contributed by atoms with Gasteiger partial charge in [-0.3, -0.25) is 9.59 Å². The molecule has 12 heteroatoms. The minimum absolute atomic E-state index is 0.0338. The van der Waals surface area contributed by atoms with Crippen LogP contribution in [0.25, 0.3) is 0 Å². The van der Waals surface area contributed by atoms with Gasteiger partial charge in [-0.1, -0.05) is 54.6 Å². The van der Waals surface area contributed by atoms with E-state index in [4.69, 9.17) is 10.5 Å². The number of halogens is 1. The van der Waals surface area contributed by atoms with E-state index in [2.05, 4.69) is 21.3 Å². The van der Waals surface area contributed by atoms with Gasteiger partial charge in [0.05, 0.1) is 6.61 Å². The van der Waals surface area contributed by atoms with Crippen LogP contribution in [-0.4, -0.2) is 47.7 Å². The van der Waals surface area contributed by atoms with Crippen molar-refractivity contribution >= 4 is 29.6 Å². The Hall–Kier alpha value is -4.97. The predicted octanol–water partition coefficient (Wildman–Crippen LogP) is 2.73. The van der Waals surface area contributed by atoms with Crippen LogP contribution in [0.1, 0.15) is 29.5 Å². The number of urea groups is 1. The maximum absolute atomic E-state index is 13.9. The molecule has 0 aliphatic heterocycles. The molecule has 42 heavy (non-hydrogen) atoms. The fourth-order valence-corrected chi connectivity index (χ4v) is 4.00. The molecule has 0 unspecified atom stereocenters. The summed E-state index contributed by atoms with van der Waals surface area (Å²) in [6.45, 7) is -0.0296. The van der Waals surface area contributed by atoms with E-state index in [0.717, 1.165) is 5.56 Å². The molecule has 3 rings (SSSR count). The summed E-state index contributed by atoms with van der Waals surface area (Å²) in [5, 5.41) is 19.6. The molecular weight excluding hydrogens is 545 g/mol. The summed E-state index contributed by atoms with van der Waals surface area (Å²) in [6, 6.07) is 18.0. The molecule has 5 amide bonds. The molecule has 0 saturated heterocycles. The Bertz CT molecular complexity index is 1340. The number of anilines is 1. The van der Waals surface area contributed by atoms with Crippen LogP contribution < -0.4 is 27.0 Å². The van der Waals surface area contributed by atoms with Gasteiger partial charge in [0.15, 0.2) is 0 Å². The molecule has 0 aliphatic carbocycles. The first-order chi connectivity index (χ1) is 20.2. The molecule has 0 radical (unpaired) electrons. The Morgan fingerprint density at radius 2 is 1.55 bits per heavy atom. The summed E-state index contributed by atoms with van der Waals surface area (Å²) in [4.78, 5) is 50.3. The number of benzene rings is 3. The minimum Gasteiger partial charge on any atom is -0.445 e. The third kappa shape index (κ3) is 10.9. The molecule has 0 fully saturated rings. The lowest BCUT2D eigenvalue weighted by Gasteiger charge is -2.23. The van der Waals surface area contributed by atoms with Crippen LogP contribution in [0.15, 0.2) is 78.9 Å². The number of hydrogen-bond donors (Lipinski definition) is 6. The van der Waals surface area contributed by atoms with Crippen LogP contribution >= 0.6 is 0 Å². The molecule has 2 atom stereocenters. The maximum atomic E-state index is 13.9. The second-order valence-corrected chi connectivity index (χ2v) is 9.43. The summed E-state index contributed by atoms with van der Waals surface area (Å²) in [5.41, 5.74) is 7.38. The molecular formula is C30H34FN5O6. The molecule has 0 aliphatic rings. The molecule has 222 valence electrons. The zero-order valence-corrected chi connectivity index (χ0v) is 22.8. The Kier molecular flexibility index (Phi) is 12.3. The van der Waals surface area contributed by atoms with Gasteiger partial charge in [0, 0.05) is 18.7 Å². The van der Waals surface area contributed by atoms with E-state index in [0.29, 0.717) is 23.2 Å².